The summed E-state index contributed by atoms with van der Waals surface area (Å²) in [6.07, 6.45) is 11.6. The van der Waals surface area contributed by atoms with Gasteiger partial charge in [0, 0.05) is 34.6 Å². The van der Waals surface area contributed by atoms with Gasteiger partial charge in [0.25, 0.3) is 0 Å². The molecule has 0 unspecified atom stereocenters. The van der Waals surface area contributed by atoms with Gasteiger partial charge in [0.1, 0.15) is 36.4 Å². The van der Waals surface area contributed by atoms with Gasteiger partial charge < -0.3 is 18.1 Å². The number of hydrogen-bond donors (Lipinski definition) is 0. The number of rotatable bonds is 8. The molecule has 9 heteroatoms. The second-order valence-corrected chi connectivity index (χ2v) is 7.80. The standard InChI is InChI=1S/C25H18ClFN4O3/c26-19-5-1-17(23(27)11-19)4-8-24-29-21(15-33-24)14-32-22-6-2-18(3-7-22)25-30-20(13-34-25)12-31-10-9-28-16-31/h1-11,13,15-16H,12,14H2. The number of hydrogen-bond acceptors (Lipinski definition) is 6. The summed E-state index contributed by atoms with van der Waals surface area (Å²) in [7, 11) is 0. The average Bonchev–Trinajstić information content (AvgIpc) is 3.61. The van der Waals surface area contributed by atoms with Crippen LogP contribution in [-0.2, 0) is 13.2 Å². The molecule has 34 heavy (non-hydrogen) atoms. The average molecular weight is 477 g/mol. The van der Waals surface area contributed by atoms with Crippen molar-refractivity contribution in [1.82, 2.24) is 19.5 Å². The molecular weight excluding hydrogens is 459 g/mol. The highest BCUT2D eigenvalue weighted by Crippen LogP contribution is 2.23. The van der Waals surface area contributed by atoms with Crippen molar-refractivity contribution in [3.63, 3.8) is 0 Å². The molecule has 7 nitrogen and oxygen atoms in total. The Balaban J connectivity index is 1.17. The Labute approximate surface area is 199 Å². The van der Waals surface area contributed by atoms with Gasteiger partial charge in [-0.25, -0.2) is 19.3 Å². The fourth-order valence-corrected chi connectivity index (χ4v) is 3.35. The highest BCUT2D eigenvalue weighted by atomic mass is 35.5. The molecule has 3 heterocycles. The number of imidazole rings is 1. The zero-order valence-electron chi connectivity index (χ0n) is 17.8. The second-order valence-electron chi connectivity index (χ2n) is 7.37. The summed E-state index contributed by atoms with van der Waals surface area (Å²) in [6, 6.07) is 11.9. The SMILES string of the molecule is Fc1cc(Cl)ccc1C=Cc1nc(COc2ccc(-c3nc(Cn4ccnc4)co3)cc2)co1. The number of aromatic nitrogens is 4. The Bertz CT molecular complexity index is 1410. The van der Waals surface area contributed by atoms with Gasteiger partial charge in [-0.1, -0.05) is 17.7 Å². The molecule has 0 amide bonds. The Morgan fingerprint density at radius 3 is 2.65 bits per heavy atom. The summed E-state index contributed by atoms with van der Waals surface area (Å²) in [4.78, 5) is 12.9. The van der Waals surface area contributed by atoms with E-state index in [0.29, 0.717) is 40.4 Å². The second kappa shape index (κ2) is 9.76. The zero-order chi connectivity index (χ0) is 23.3. The molecule has 2 aromatic carbocycles. The first-order chi connectivity index (χ1) is 16.6. The molecule has 0 saturated carbocycles. The highest BCUT2D eigenvalue weighted by Gasteiger charge is 2.09. The smallest absolute Gasteiger partial charge is 0.226 e. The van der Waals surface area contributed by atoms with Crippen molar-refractivity contribution in [3.05, 3.63) is 107 Å². The Morgan fingerprint density at radius 1 is 1.00 bits per heavy atom. The van der Waals surface area contributed by atoms with Crippen molar-refractivity contribution < 1.29 is 18.0 Å². The largest absolute Gasteiger partial charge is 0.487 e. The molecular formula is C25H18ClFN4O3. The monoisotopic (exact) mass is 476 g/mol. The first-order valence-corrected chi connectivity index (χ1v) is 10.7. The van der Waals surface area contributed by atoms with Crippen LogP contribution in [-0.4, -0.2) is 19.5 Å². The minimum atomic E-state index is -0.415. The third kappa shape index (κ3) is 5.24. The summed E-state index contributed by atoms with van der Waals surface area (Å²) in [5.41, 5.74) is 2.65. The first kappa shape index (κ1) is 21.7. The van der Waals surface area contributed by atoms with Gasteiger partial charge in [-0.15, -0.1) is 0 Å². The summed E-state index contributed by atoms with van der Waals surface area (Å²) in [6.45, 7) is 0.814. The maximum Gasteiger partial charge on any atom is 0.226 e. The van der Waals surface area contributed by atoms with Gasteiger partial charge in [0.15, 0.2) is 0 Å². The third-order valence-electron chi connectivity index (χ3n) is 4.88. The maximum atomic E-state index is 13.9. The highest BCUT2D eigenvalue weighted by molar-refractivity contribution is 6.30. The quantitative estimate of drug-likeness (QED) is 0.268. The van der Waals surface area contributed by atoms with Gasteiger partial charge in [0.2, 0.25) is 11.8 Å². The van der Waals surface area contributed by atoms with Crippen molar-refractivity contribution in [3.8, 4) is 17.2 Å². The summed E-state index contributed by atoms with van der Waals surface area (Å²) in [5, 5.41) is 0.342. The summed E-state index contributed by atoms with van der Waals surface area (Å²) in [5.74, 6) is 1.13. The molecule has 0 N–H and O–H groups in total. The molecule has 0 aliphatic heterocycles. The van der Waals surface area contributed by atoms with Crippen LogP contribution in [0.4, 0.5) is 4.39 Å². The minimum absolute atomic E-state index is 0.222. The van der Waals surface area contributed by atoms with E-state index in [0.717, 1.165) is 11.3 Å². The van der Waals surface area contributed by atoms with Gasteiger partial charge in [-0.05, 0) is 42.5 Å². The Kier molecular flexibility index (Phi) is 6.22. The van der Waals surface area contributed by atoms with E-state index in [1.807, 2.05) is 35.0 Å². The van der Waals surface area contributed by atoms with Crippen LogP contribution in [0.5, 0.6) is 5.75 Å². The van der Waals surface area contributed by atoms with Crippen LogP contribution in [0, 0.1) is 5.82 Å². The van der Waals surface area contributed by atoms with Gasteiger partial charge >= 0.3 is 0 Å². The first-order valence-electron chi connectivity index (χ1n) is 10.3. The van der Waals surface area contributed by atoms with Crippen LogP contribution in [0.3, 0.4) is 0 Å². The predicted octanol–water partition coefficient (Wildman–Crippen LogP) is 6.12. The number of ether oxygens (including phenoxy) is 1. The molecule has 5 aromatic rings. The van der Waals surface area contributed by atoms with Crippen molar-refractivity contribution in [1.29, 1.82) is 0 Å². The Morgan fingerprint density at radius 2 is 1.85 bits per heavy atom. The van der Waals surface area contributed by atoms with Crippen molar-refractivity contribution in [2.45, 2.75) is 13.2 Å². The van der Waals surface area contributed by atoms with E-state index in [1.165, 1.54) is 12.3 Å². The normalized spacial score (nSPS) is 11.4. The molecule has 0 spiro atoms. The molecule has 5 rings (SSSR count). The molecule has 0 aliphatic carbocycles. The van der Waals surface area contributed by atoms with Crippen molar-refractivity contribution in [2.75, 3.05) is 0 Å². The van der Waals surface area contributed by atoms with Gasteiger partial charge in [-0.2, -0.15) is 0 Å². The van der Waals surface area contributed by atoms with Crippen LogP contribution in [0.25, 0.3) is 23.6 Å². The van der Waals surface area contributed by atoms with Crippen molar-refractivity contribution >= 4 is 23.8 Å². The van der Waals surface area contributed by atoms with E-state index >= 15 is 0 Å². The number of nitrogens with zero attached hydrogens (tertiary/aromatic N) is 4. The van der Waals surface area contributed by atoms with E-state index < -0.39 is 5.82 Å². The van der Waals surface area contributed by atoms with Gasteiger partial charge in [0.05, 0.1) is 18.6 Å². The fourth-order valence-electron chi connectivity index (χ4n) is 3.19. The van der Waals surface area contributed by atoms with Crippen LogP contribution in [0.1, 0.15) is 22.8 Å². The maximum absolute atomic E-state index is 13.9. The van der Waals surface area contributed by atoms with Crippen LogP contribution in [0.2, 0.25) is 5.02 Å². The lowest BCUT2D eigenvalue weighted by atomic mass is 10.2. The zero-order valence-corrected chi connectivity index (χ0v) is 18.5. The van der Waals surface area contributed by atoms with E-state index in [9.17, 15) is 4.39 Å². The van der Waals surface area contributed by atoms with Crippen LogP contribution >= 0.6 is 11.6 Å². The number of benzene rings is 2. The van der Waals surface area contributed by atoms with E-state index in [2.05, 4.69) is 15.0 Å². The lowest BCUT2D eigenvalue weighted by molar-refractivity contribution is 0.301. The molecule has 0 bridgehead atoms. The molecule has 170 valence electrons. The predicted molar refractivity (Wildman–Crippen MR) is 124 cm³/mol. The molecule has 0 radical (unpaired) electrons. The lowest BCUT2D eigenvalue weighted by Gasteiger charge is -2.04. The fraction of sp³-hybridized carbons (Fsp3) is 0.0800. The molecule has 0 fully saturated rings. The van der Waals surface area contributed by atoms with Gasteiger partial charge in [-0.3, -0.25) is 0 Å². The summed E-state index contributed by atoms with van der Waals surface area (Å²) >= 11 is 5.77. The number of oxazole rings is 2. The van der Waals surface area contributed by atoms with Crippen LogP contribution < -0.4 is 4.74 Å². The van der Waals surface area contributed by atoms with E-state index in [-0.39, 0.29) is 6.61 Å². The number of halogens is 2. The molecule has 0 atom stereocenters. The lowest BCUT2D eigenvalue weighted by Crippen LogP contribution is -1.96. The van der Waals surface area contributed by atoms with Crippen LogP contribution in [0.15, 0.2) is 82.5 Å². The molecule has 3 aromatic heterocycles. The summed E-state index contributed by atoms with van der Waals surface area (Å²) < 4.78 is 32.6. The molecule has 0 aliphatic rings. The van der Waals surface area contributed by atoms with E-state index in [1.54, 1.807) is 43.1 Å². The Hall–Kier alpha value is -4.17. The topological polar surface area (TPSA) is 79.1 Å². The molecule has 0 saturated heterocycles. The minimum Gasteiger partial charge on any atom is -0.487 e. The van der Waals surface area contributed by atoms with Crippen molar-refractivity contribution in [2.24, 2.45) is 0 Å². The van der Waals surface area contributed by atoms with E-state index in [4.69, 9.17) is 25.2 Å². The third-order valence-corrected chi connectivity index (χ3v) is 5.12.